The molecule has 0 aromatic carbocycles. The van der Waals surface area contributed by atoms with E-state index in [-0.39, 0.29) is 24.0 Å². The number of halogens is 1. The molecule has 24 heavy (non-hydrogen) atoms. The topological polar surface area (TPSA) is 67.1 Å². The number of hydrogen-bond acceptors (Lipinski definition) is 3. The second-order valence-electron chi connectivity index (χ2n) is 6.26. The zero-order valence-corrected chi connectivity index (χ0v) is 17.8. The molecule has 0 bridgehead atoms. The summed E-state index contributed by atoms with van der Waals surface area (Å²) in [5, 5.41) is 11.5. The number of nitrogens with zero attached hydrogens (tertiary/aromatic N) is 4. The Morgan fingerprint density at radius 1 is 1.29 bits per heavy atom. The third kappa shape index (κ3) is 5.89. The third-order valence-corrected chi connectivity index (χ3v) is 4.57. The molecule has 0 aliphatic carbocycles. The summed E-state index contributed by atoms with van der Waals surface area (Å²) in [6, 6.07) is 0.369. The molecule has 1 aromatic heterocycles. The lowest BCUT2D eigenvalue weighted by Crippen LogP contribution is -2.47. The van der Waals surface area contributed by atoms with Crippen molar-refractivity contribution in [1.29, 1.82) is 0 Å². The highest BCUT2D eigenvalue weighted by molar-refractivity contribution is 14.0. The van der Waals surface area contributed by atoms with E-state index < -0.39 is 0 Å². The van der Waals surface area contributed by atoms with E-state index in [1.54, 1.807) is 0 Å². The van der Waals surface area contributed by atoms with E-state index >= 15 is 0 Å². The first-order valence-corrected chi connectivity index (χ1v) is 9.17. The van der Waals surface area contributed by atoms with Gasteiger partial charge in [-0.05, 0) is 19.3 Å². The number of aliphatic imine (C=N–C) groups is 1. The van der Waals surface area contributed by atoms with E-state index in [2.05, 4.69) is 53.1 Å². The van der Waals surface area contributed by atoms with Gasteiger partial charge in [0.2, 0.25) is 0 Å². The molecular formula is C17H33IN6. The van der Waals surface area contributed by atoms with Crippen LogP contribution in [0.5, 0.6) is 0 Å². The number of aromatic nitrogens is 3. The minimum Gasteiger partial charge on any atom is -0.357 e. The largest absolute Gasteiger partial charge is 0.357 e. The summed E-state index contributed by atoms with van der Waals surface area (Å²) < 4.78 is 2.06. The van der Waals surface area contributed by atoms with Crippen LogP contribution in [0.3, 0.4) is 0 Å². The van der Waals surface area contributed by atoms with Gasteiger partial charge in [-0.25, -0.2) is 9.67 Å². The zero-order chi connectivity index (χ0) is 16.7. The molecule has 1 aromatic rings. The van der Waals surface area contributed by atoms with Crippen molar-refractivity contribution in [2.75, 3.05) is 13.1 Å². The number of rotatable bonds is 7. The van der Waals surface area contributed by atoms with Gasteiger partial charge in [0.25, 0.3) is 0 Å². The van der Waals surface area contributed by atoms with Crippen LogP contribution in [0.2, 0.25) is 0 Å². The highest BCUT2D eigenvalue weighted by atomic mass is 127. The molecule has 0 radical (unpaired) electrons. The smallest absolute Gasteiger partial charge is 0.191 e. The van der Waals surface area contributed by atoms with Crippen molar-refractivity contribution in [2.45, 2.75) is 72.4 Å². The van der Waals surface area contributed by atoms with E-state index in [1.807, 2.05) is 0 Å². The Kier molecular flexibility index (Phi) is 9.61. The van der Waals surface area contributed by atoms with Crippen molar-refractivity contribution in [3.63, 3.8) is 0 Å². The predicted octanol–water partition coefficient (Wildman–Crippen LogP) is 2.76. The number of nitrogens with one attached hydrogen (secondary N) is 2. The monoisotopic (exact) mass is 448 g/mol. The Morgan fingerprint density at radius 2 is 2.04 bits per heavy atom. The Morgan fingerprint density at radius 3 is 2.67 bits per heavy atom. The summed E-state index contributed by atoms with van der Waals surface area (Å²) in [5.74, 6) is 3.68. The van der Waals surface area contributed by atoms with E-state index in [4.69, 9.17) is 4.99 Å². The third-order valence-electron chi connectivity index (χ3n) is 4.57. The van der Waals surface area contributed by atoms with Crippen LogP contribution in [-0.2, 0) is 19.4 Å². The fraction of sp³-hybridized carbons (Fsp3) is 0.824. The van der Waals surface area contributed by atoms with Gasteiger partial charge in [0.1, 0.15) is 5.82 Å². The van der Waals surface area contributed by atoms with Crippen LogP contribution in [0.1, 0.15) is 58.6 Å². The first-order chi connectivity index (χ1) is 11.2. The van der Waals surface area contributed by atoms with Crippen LogP contribution < -0.4 is 10.6 Å². The molecule has 6 nitrogen and oxygen atoms in total. The number of fused-ring (bicyclic) bond motifs is 1. The second kappa shape index (κ2) is 10.9. The van der Waals surface area contributed by atoms with Crippen molar-refractivity contribution in [2.24, 2.45) is 10.9 Å². The predicted molar refractivity (Wildman–Crippen MR) is 110 cm³/mol. The average molecular weight is 448 g/mol. The lowest BCUT2D eigenvalue weighted by Gasteiger charge is -2.25. The van der Waals surface area contributed by atoms with Crippen LogP contribution in [0.4, 0.5) is 0 Å². The summed E-state index contributed by atoms with van der Waals surface area (Å²) in [6.45, 7) is 11.3. The summed E-state index contributed by atoms with van der Waals surface area (Å²) in [7, 11) is 0. The quantitative estimate of drug-likeness (QED) is 0.383. The molecule has 2 N–H and O–H groups in total. The molecule has 0 spiro atoms. The minimum absolute atomic E-state index is 0. The minimum atomic E-state index is 0. The zero-order valence-electron chi connectivity index (χ0n) is 15.5. The maximum Gasteiger partial charge on any atom is 0.191 e. The SMILES string of the molecule is CCNC(=NCC(CC)CC)NC1CCc2nc(CC)nn2C1.I. The highest BCUT2D eigenvalue weighted by Gasteiger charge is 2.22. The molecule has 0 saturated carbocycles. The van der Waals surface area contributed by atoms with E-state index in [1.165, 1.54) is 12.8 Å². The Labute approximate surface area is 163 Å². The molecule has 7 heteroatoms. The lowest BCUT2D eigenvalue weighted by molar-refractivity contribution is 0.391. The van der Waals surface area contributed by atoms with Gasteiger partial charge in [-0.1, -0.05) is 33.6 Å². The summed E-state index contributed by atoms with van der Waals surface area (Å²) in [4.78, 5) is 9.36. The molecule has 1 aliphatic heterocycles. The fourth-order valence-electron chi connectivity index (χ4n) is 2.91. The van der Waals surface area contributed by atoms with Crippen molar-refractivity contribution >= 4 is 29.9 Å². The normalized spacial score (nSPS) is 17.4. The van der Waals surface area contributed by atoms with Gasteiger partial charge in [0, 0.05) is 32.0 Å². The molecule has 2 heterocycles. The fourth-order valence-corrected chi connectivity index (χ4v) is 2.91. The molecule has 138 valence electrons. The standard InChI is InChI=1S/C17H32N6.HI/c1-5-13(6-2)11-19-17(18-8-4)20-14-9-10-16-21-15(7-3)22-23(16)12-14;/h13-14H,5-12H2,1-4H3,(H2,18,19,20);1H. The van der Waals surface area contributed by atoms with Crippen LogP contribution >= 0.6 is 24.0 Å². The first-order valence-electron chi connectivity index (χ1n) is 9.17. The first kappa shape index (κ1) is 21.2. The van der Waals surface area contributed by atoms with Gasteiger partial charge in [-0.15, -0.1) is 24.0 Å². The molecule has 0 saturated heterocycles. The summed E-state index contributed by atoms with van der Waals surface area (Å²) >= 11 is 0. The summed E-state index contributed by atoms with van der Waals surface area (Å²) in [6.07, 6.45) is 5.33. The van der Waals surface area contributed by atoms with E-state index in [9.17, 15) is 0 Å². The molecular weight excluding hydrogens is 415 g/mol. The maximum atomic E-state index is 4.78. The second-order valence-corrected chi connectivity index (χ2v) is 6.26. The van der Waals surface area contributed by atoms with E-state index in [0.717, 1.165) is 56.5 Å². The van der Waals surface area contributed by atoms with Crippen LogP contribution in [0, 0.1) is 5.92 Å². The number of aryl methyl sites for hydroxylation is 2. The lowest BCUT2D eigenvalue weighted by atomic mass is 10.0. The average Bonchev–Trinajstić information content (AvgIpc) is 2.98. The number of guanidine groups is 1. The molecule has 1 unspecified atom stereocenters. The van der Waals surface area contributed by atoms with Crippen molar-refractivity contribution in [1.82, 2.24) is 25.4 Å². The van der Waals surface area contributed by atoms with Gasteiger partial charge >= 0.3 is 0 Å². The molecule has 0 fully saturated rings. The Balaban J connectivity index is 0.00000288. The van der Waals surface area contributed by atoms with Crippen molar-refractivity contribution < 1.29 is 0 Å². The molecule has 1 atom stereocenters. The van der Waals surface area contributed by atoms with Crippen molar-refractivity contribution in [3.05, 3.63) is 11.6 Å². The highest BCUT2D eigenvalue weighted by Crippen LogP contribution is 2.13. The molecule has 1 aliphatic rings. The maximum absolute atomic E-state index is 4.78. The summed E-state index contributed by atoms with van der Waals surface area (Å²) in [5.41, 5.74) is 0. The van der Waals surface area contributed by atoms with Gasteiger partial charge in [0.05, 0.1) is 6.54 Å². The van der Waals surface area contributed by atoms with Crippen LogP contribution in [0.25, 0.3) is 0 Å². The van der Waals surface area contributed by atoms with E-state index in [0.29, 0.717) is 12.0 Å². The molecule has 0 amide bonds. The number of hydrogen-bond donors (Lipinski definition) is 2. The Hall–Kier alpha value is -0.860. The van der Waals surface area contributed by atoms with Gasteiger partial charge in [0.15, 0.2) is 11.8 Å². The van der Waals surface area contributed by atoms with Crippen LogP contribution in [0.15, 0.2) is 4.99 Å². The van der Waals surface area contributed by atoms with Gasteiger partial charge in [-0.3, -0.25) is 4.99 Å². The van der Waals surface area contributed by atoms with Crippen molar-refractivity contribution in [3.8, 4) is 0 Å². The van der Waals surface area contributed by atoms with Gasteiger partial charge < -0.3 is 10.6 Å². The molecule has 2 rings (SSSR count). The van der Waals surface area contributed by atoms with Crippen LogP contribution in [-0.4, -0.2) is 39.9 Å². The van der Waals surface area contributed by atoms with Gasteiger partial charge in [-0.2, -0.15) is 5.10 Å². The Bertz CT molecular complexity index is 509.